The summed E-state index contributed by atoms with van der Waals surface area (Å²) in [6.07, 6.45) is 4.56. The van der Waals surface area contributed by atoms with E-state index in [-0.39, 0.29) is 0 Å². The van der Waals surface area contributed by atoms with Crippen LogP contribution in [0, 0.1) is 0 Å². The molecule has 1 aromatic carbocycles. The summed E-state index contributed by atoms with van der Waals surface area (Å²) in [6.45, 7) is 4.93. The van der Waals surface area contributed by atoms with Crippen LogP contribution in [0.3, 0.4) is 0 Å². The maximum atomic E-state index is 6.02. The second-order valence-corrected chi connectivity index (χ2v) is 10.1. The average molecular weight is 218 g/mol. The van der Waals surface area contributed by atoms with E-state index >= 15 is 0 Å². The number of benzene rings is 1. The molecule has 0 bridgehead atoms. The molecular weight excluding hydrogens is 200 g/mol. The molecule has 2 aliphatic rings. The van der Waals surface area contributed by atoms with Crippen molar-refractivity contribution in [3.05, 3.63) is 30.3 Å². The lowest BCUT2D eigenvalue weighted by atomic mass is 10.3. The van der Waals surface area contributed by atoms with E-state index in [4.69, 9.17) is 4.74 Å². The molecule has 0 radical (unpaired) electrons. The summed E-state index contributed by atoms with van der Waals surface area (Å²) < 4.78 is 6.02. The highest BCUT2D eigenvalue weighted by Crippen LogP contribution is 2.54. The molecule has 2 fully saturated rings. The first kappa shape index (κ1) is 9.61. The molecule has 15 heavy (non-hydrogen) atoms. The second-order valence-electron chi connectivity index (χ2n) is 5.38. The van der Waals surface area contributed by atoms with Gasteiger partial charge in [-0.1, -0.05) is 48.6 Å². The highest BCUT2D eigenvalue weighted by atomic mass is 28.3. The Bertz CT molecular complexity index is 373. The zero-order valence-electron chi connectivity index (χ0n) is 9.49. The van der Waals surface area contributed by atoms with Gasteiger partial charge in [0.2, 0.25) is 0 Å². The van der Waals surface area contributed by atoms with Crippen LogP contribution < -0.4 is 5.19 Å². The van der Waals surface area contributed by atoms with Crippen LogP contribution in [0.25, 0.3) is 0 Å². The van der Waals surface area contributed by atoms with Crippen molar-refractivity contribution in [1.29, 1.82) is 0 Å². The highest BCUT2D eigenvalue weighted by molar-refractivity contribution is 6.92. The smallest absolute Gasteiger partial charge is 0.120 e. The predicted molar refractivity (Wildman–Crippen MR) is 65.0 cm³/mol. The number of epoxide rings is 1. The van der Waals surface area contributed by atoms with Gasteiger partial charge in [0.1, 0.15) is 8.07 Å². The summed E-state index contributed by atoms with van der Waals surface area (Å²) in [5, 5.41) is 1.85. The van der Waals surface area contributed by atoms with Gasteiger partial charge in [-0.3, -0.25) is 0 Å². The molecule has 80 valence electrons. The van der Waals surface area contributed by atoms with Crippen molar-refractivity contribution in [1.82, 2.24) is 0 Å². The van der Waals surface area contributed by atoms with Crippen molar-refractivity contribution in [2.24, 2.45) is 0 Å². The quantitative estimate of drug-likeness (QED) is 0.549. The fraction of sp³-hybridized carbons (Fsp3) is 0.538. The van der Waals surface area contributed by atoms with E-state index in [0.717, 1.165) is 0 Å². The fourth-order valence-corrected chi connectivity index (χ4v) is 6.95. The molecule has 0 spiro atoms. The zero-order valence-corrected chi connectivity index (χ0v) is 10.5. The van der Waals surface area contributed by atoms with Crippen LogP contribution in [0.2, 0.25) is 13.1 Å². The van der Waals surface area contributed by atoms with Crippen LogP contribution >= 0.6 is 0 Å². The van der Waals surface area contributed by atoms with Crippen molar-refractivity contribution < 1.29 is 4.74 Å². The van der Waals surface area contributed by atoms with Crippen LogP contribution in [-0.2, 0) is 4.74 Å². The Labute approximate surface area is 92.5 Å². The Morgan fingerprint density at radius 1 is 1.27 bits per heavy atom. The highest BCUT2D eigenvalue weighted by Gasteiger charge is 2.68. The lowest BCUT2D eigenvalue weighted by Gasteiger charge is -2.29. The largest absolute Gasteiger partial charge is 0.369 e. The van der Waals surface area contributed by atoms with E-state index < -0.39 is 8.07 Å². The van der Waals surface area contributed by atoms with Gasteiger partial charge in [-0.15, -0.1) is 0 Å². The van der Waals surface area contributed by atoms with Crippen LogP contribution in [0.4, 0.5) is 0 Å². The first-order valence-electron chi connectivity index (χ1n) is 5.90. The monoisotopic (exact) mass is 218 g/mol. The molecule has 1 aromatic rings. The minimum absolute atomic E-state index is 0.300. The molecule has 1 aliphatic carbocycles. The standard InChI is InChI=1S/C13H18OSi/c1-15(2,11-7-4-3-5-8-11)13-10-6-9-12(13)14-13/h3-5,7-8,12H,6,9-10H2,1-2H3/t12-,13-/m0/s1. The molecule has 1 saturated carbocycles. The van der Waals surface area contributed by atoms with Gasteiger partial charge in [-0.05, 0) is 19.3 Å². The number of ether oxygens (including phenoxy) is 1. The maximum absolute atomic E-state index is 6.02. The zero-order chi connectivity index (χ0) is 10.5. The van der Waals surface area contributed by atoms with Gasteiger partial charge in [0, 0.05) is 0 Å². The molecule has 1 nitrogen and oxygen atoms in total. The summed E-state index contributed by atoms with van der Waals surface area (Å²) >= 11 is 0. The molecule has 3 rings (SSSR count). The van der Waals surface area contributed by atoms with E-state index in [1.54, 1.807) is 5.19 Å². The van der Waals surface area contributed by atoms with Gasteiger partial charge in [0.05, 0.1) is 11.3 Å². The summed E-state index contributed by atoms with van der Waals surface area (Å²) in [7, 11) is -1.42. The average Bonchev–Trinajstić information content (AvgIpc) is 2.84. The van der Waals surface area contributed by atoms with Crippen molar-refractivity contribution >= 4 is 13.3 Å². The number of rotatable bonds is 2. The van der Waals surface area contributed by atoms with E-state index in [0.29, 0.717) is 11.3 Å². The van der Waals surface area contributed by atoms with Crippen LogP contribution in [-0.4, -0.2) is 19.4 Å². The first-order valence-corrected chi connectivity index (χ1v) is 8.90. The third-order valence-electron chi connectivity index (χ3n) is 4.38. The minimum Gasteiger partial charge on any atom is -0.369 e. The van der Waals surface area contributed by atoms with Gasteiger partial charge < -0.3 is 4.74 Å². The van der Waals surface area contributed by atoms with Crippen molar-refractivity contribution in [2.45, 2.75) is 43.7 Å². The van der Waals surface area contributed by atoms with E-state index in [1.807, 2.05) is 0 Å². The lowest BCUT2D eigenvalue weighted by molar-refractivity contribution is 0.297. The molecule has 1 heterocycles. The normalized spacial score (nSPS) is 33.9. The third kappa shape index (κ3) is 1.18. The van der Waals surface area contributed by atoms with Gasteiger partial charge in [0.25, 0.3) is 0 Å². The summed E-state index contributed by atoms with van der Waals surface area (Å²) in [4.78, 5) is 0. The first-order chi connectivity index (χ1) is 7.17. The Hall–Kier alpha value is -0.603. The van der Waals surface area contributed by atoms with Crippen molar-refractivity contribution in [2.75, 3.05) is 0 Å². The van der Waals surface area contributed by atoms with Gasteiger partial charge in [-0.25, -0.2) is 0 Å². The molecule has 0 unspecified atom stereocenters. The molecule has 0 aromatic heterocycles. The Morgan fingerprint density at radius 2 is 2.00 bits per heavy atom. The molecule has 0 N–H and O–H groups in total. The molecule has 0 amide bonds. The third-order valence-corrected chi connectivity index (χ3v) is 8.97. The second kappa shape index (κ2) is 2.95. The van der Waals surface area contributed by atoms with Gasteiger partial charge >= 0.3 is 0 Å². The van der Waals surface area contributed by atoms with Crippen LogP contribution in [0.15, 0.2) is 30.3 Å². The number of fused-ring (bicyclic) bond motifs is 1. The van der Waals surface area contributed by atoms with Crippen LogP contribution in [0.5, 0.6) is 0 Å². The van der Waals surface area contributed by atoms with Crippen molar-refractivity contribution in [3.8, 4) is 0 Å². The van der Waals surface area contributed by atoms with Gasteiger partial charge in [0.15, 0.2) is 0 Å². The summed E-state index contributed by atoms with van der Waals surface area (Å²) in [5.74, 6) is 0. The van der Waals surface area contributed by atoms with E-state index in [9.17, 15) is 0 Å². The number of hydrogen-bond acceptors (Lipinski definition) is 1. The van der Waals surface area contributed by atoms with Gasteiger partial charge in [-0.2, -0.15) is 0 Å². The molecule has 2 heteroatoms. The maximum Gasteiger partial charge on any atom is 0.120 e. The minimum atomic E-state index is -1.42. The van der Waals surface area contributed by atoms with Crippen molar-refractivity contribution in [3.63, 3.8) is 0 Å². The number of hydrogen-bond donors (Lipinski definition) is 0. The van der Waals surface area contributed by atoms with E-state index in [2.05, 4.69) is 43.4 Å². The summed E-state index contributed by atoms with van der Waals surface area (Å²) in [6, 6.07) is 11.0. The predicted octanol–water partition coefficient (Wildman–Crippen LogP) is 2.46. The Morgan fingerprint density at radius 3 is 2.53 bits per heavy atom. The molecule has 1 saturated heterocycles. The van der Waals surface area contributed by atoms with E-state index in [1.165, 1.54) is 19.3 Å². The molecular formula is C13H18OSi. The molecule has 2 atom stereocenters. The molecule has 1 aliphatic heterocycles. The SMILES string of the molecule is C[Si](C)(c1ccccc1)[C@@]12CCC[C@@H]1O2. The Kier molecular flexibility index (Phi) is 1.89. The lowest BCUT2D eigenvalue weighted by Crippen LogP contribution is -2.55. The van der Waals surface area contributed by atoms with Crippen LogP contribution in [0.1, 0.15) is 19.3 Å². The fourth-order valence-electron chi connectivity index (χ4n) is 3.24. The Balaban J connectivity index is 1.98. The summed E-state index contributed by atoms with van der Waals surface area (Å²) in [5.41, 5.74) is 0. The topological polar surface area (TPSA) is 12.5 Å².